The van der Waals surface area contributed by atoms with E-state index in [1.165, 1.54) is 11.6 Å². The summed E-state index contributed by atoms with van der Waals surface area (Å²) in [7, 11) is 0. The molecule has 0 unspecified atom stereocenters. The number of hydrogen-bond donors (Lipinski definition) is 6. The van der Waals surface area contributed by atoms with Crippen LogP contribution >= 0.6 is 0 Å². The fourth-order valence-corrected chi connectivity index (χ4v) is 3.65. The van der Waals surface area contributed by atoms with Gasteiger partial charge in [0.25, 0.3) is 0 Å². The molecule has 6 N–H and O–H groups in total. The smallest absolute Gasteiger partial charge is 0.319 e. The van der Waals surface area contributed by atoms with Crippen molar-refractivity contribution in [2.24, 2.45) is 0 Å². The van der Waals surface area contributed by atoms with E-state index in [1.807, 2.05) is 42.5 Å². The minimum absolute atomic E-state index is 0.0146. The monoisotopic (exact) mass is 463 g/mol. The lowest BCUT2D eigenvalue weighted by atomic mass is 10.1. The zero-order valence-corrected chi connectivity index (χ0v) is 19.2. The van der Waals surface area contributed by atoms with E-state index in [9.17, 15) is 20.1 Å². The van der Waals surface area contributed by atoms with Crippen LogP contribution in [-0.2, 0) is 19.4 Å². The number of anilines is 1. The summed E-state index contributed by atoms with van der Waals surface area (Å²) in [6.45, 7) is 1.32. The molecule has 0 spiro atoms. The van der Waals surface area contributed by atoms with E-state index in [0.29, 0.717) is 30.8 Å². The summed E-state index contributed by atoms with van der Waals surface area (Å²) in [5.41, 5.74) is 4.09. The molecule has 34 heavy (non-hydrogen) atoms. The third kappa shape index (κ3) is 8.19. The number of rotatable bonds is 12. The molecule has 0 aliphatic carbocycles. The summed E-state index contributed by atoms with van der Waals surface area (Å²) in [6, 6.07) is 22.4. The van der Waals surface area contributed by atoms with Crippen molar-refractivity contribution >= 4 is 11.7 Å². The number of aliphatic hydroxyl groups is 2. The van der Waals surface area contributed by atoms with Gasteiger partial charge in [-0.2, -0.15) is 0 Å². The lowest BCUT2D eigenvalue weighted by molar-refractivity contribution is 0.174. The van der Waals surface area contributed by atoms with Gasteiger partial charge < -0.3 is 31.3 Å². The molecular weight excluding hydrogens is 430 g/mol. The van der Waals surface area contributed by atoms with E-state index < -0.39 is 6.10 Å². The van der Waals surface area contributed by atoms with E-state index in [1.54, 1.807) is 12.1 Å². The van der Waals surface area contributed by atoms with E-state index in [0.717, 1.165) is 30.5 Å². The number of amides is 2. The Labute approximate surface area is 200 Å². The Hall–Kier alpha value is -3.39. The summed E-state index contributed by atoms with van der Waals surface area (Å²) >= 11 is 0. The molecule has 0 saturated heterocycles. The minimum atomic E-state index is -0.746. The fourth-order valence-electron chi connectivity index (χ4n) is 3.65. The third-order valence-corrected chi connectivity index (χ3v) is 5.54. The van der Waals surface area contributed by atoms with Gasteiger partial charge in [-0.25, -0.2) is 4.79 Å². The van der Waals surface area contributed by atoms with Crippen molar-refractivity contribution in [3.05, 3.63) is 95.1 Å². The van der Waals surface area contributed by atoms with Crippen molar-refractivity contribution < 1.29 is 20.1 Å². The maximum atomic E-state index is 12.2. The minimum Gasteiger partial charge on any atom is -0.508 e. The largest absolute Gasteiger partial charge is 0.508 e. The van der Waals surface area contributed by atoms with Gasteiger partial charge in [-0.1, -0.05) is 48.5 Å². The van der Waals surface area contributed by atoms with E-state index >= 15 is 0 Å². The number of urea groups is 1. The van der Waals surface area contributed by atoms with Crippen molar-refractivity contribution in [1.82, 2.24) is 10.6 Å². The van der Waals surface area contributed by atoms with Crippen molar-refractivity contribution in [2.75, 3.05) is 25.0 Å². The Kier molecular flexibility index (Phi) is 9.91. The number of aliphatic hydroxyl groups excluding tert-OH is 2. The molecule has 0 saturated carbocycles. The molecule has 3 rings (SSSR count). The van der Waals surface area contributed by atoms with Gasteiger partial charge in [-0.15, -0.1) is 0 Å². The average molecular weight is 464 g/mol. The average Bonchev–Trinajstić information content (AvgIpc) is 2.85. The normalized spacial score (nSPS) is 11.7. The van der Waals surface area contributed by atoms with Crippen LogP contribution in [0.3, 0.4) is 0 Å². The second-order valence-corrected chi connectivity index (χ2v) is 8.19. The molecule has 0 heterocycles. The van der Waals surface area contributed by atoms with Crippen LogP contribution in [0.25, 0.3) is 0 Å². The van der Waals surface area contributed by atoms with Crippen LogP contribution in [0, 0.1) is 0 Å². The Balaban J connectivity index is 1.36. The zero-order valence-electron chi connectivity index (χ0n) is 19.2. The van der Waals surface area contributed by atoms with Gasteiger partial charge in [0.2, 0.25) is 0 Å². The zero-order chi connectivity index (χ0) is 24.2. The molecule has 0 radical (unpaired) electrons. The molecular formula is C27H33N3O4. The lowest BCUT2D eigenvalue weighted by Gasteiger charge is -2.14. The summed E-state index contributed by atoms with van der Waals surface area (Å²) < 4.78 is 0. The Morgan fingerprint density at radius 2 is 1.68 bits per heavy atom. The number of carbonyl (C=O) groups excluding carboxylic acids is 1. The van der Waals surface area contributed by atoms with Gasteiger partial charge in [0, 0.05) is 24.3 Å². The van der Waals surface area contributed by atoms with Gasteiger partial charge in [-0.05, 0) is 66.8 Å². The summed E-state index contributed by atoms with van der Waals surface area (Å²) in [5, 5.41) is 38.2. The number of nitrogens with one attached hydrogen (secondary N) is 3. The standard InChI is InChI=1S/C27H33N3O4/c31-19-23-17-22(11-12-25(23)32)26(33)18-28-15-13-21-8-4-10-24(16-21)30-27(34)29-14-5-9-20-6-2-1-3-7-20/h1-4,6-8,10-12,16-17,26,28,31-33H,5,9,13-15,18-19H2,(H2,29,30,34)/t26-/m0/s1. The van der Waals surface area contributed by atoms with Crippen molar-refractivity contribution in [2.45, 2.75) is 32.0 Å². The highest BCUT2D eigenvalue weighted by molar-refractivity contribution is 5.89. The molecule has 7 heteroatoms. The predicted molar refractivity (Wildman–Crippen MR) is 134 cm³/mol. The number of hydrogen-bond acceptors (Lipinski definition) is 5. The van der Waals surface area contributed by atoms with Crippen LogP contribution in [-0.4, -0.2) is 41.0 Å². The number of aromatic hydroxyl groups is 1. The van der Waals surface area contributed by atoms with Crippen LogP contribution in [0.1, 0.15) is 34.8 Å². The van der Waals surface area contributed by atoms with Crippen LogP contribution < -0.4 is 16.0 Å². The molecule has 0 bridgehead atoms. The topological polar surface area (TPSA) is 114 Å². The van der Waals surface area contributed by atoms with Gasteiger partial charge >= 0.3 is 6.03 Å². The molecule has 3 aromatic carbocycles. The number of benzene rings is 3. The molecule has 1 atom stereocenters. The van der Waals surface area contributed by atoms with Crippen molar-refractivity contribution in [3.63, 3.8) is 0 Å². The van der Waals surface area contributed by atoms with Crippen LogP contribution in [0.2, 0.25) is 0 Å². The molecule has 180 valence electrons. The van der Waals surface area contributed by atoms with E-state index in [2.05, 4.69) is 28.1 Å². The second kappa shape index (κ2) is 13.3. The first-order valence-electron chi connectivity index (χ1n) is 11.5. The Bertz CT molecular complexity index is 1040. The van der Waals surface area contributed by atoms with Crippen LogP contribution in [0.5, 0.6) is 5.75 Å². The highest BCUT2D eigenvalue weighted by Gasteiger charge is 2.10. The highest BCUT2D eigenvalue weighted by atomic mass is 16.3. The fraction of sp³-hybridized carbons (Fsp3) is 0.296. The number of carbonyl (C=O) groups is 1. The lowest BCUT2D eigenvalue weighted by Crippen LogP contribution is -2.29. The van der Waals surface area contributed by atoms with E-state index in [4.69, 9.17) is 0 Å². The Morgan fingerprint density at radius 1 is 0.882 bits per heavy atom. The molecule has 0 aliphatic rings. The van der Waals surface area contributed by atoms with Gasteiger partial charge in [0.05, 0.1) is 12.7 Å². The maximum absolute atomic E-state index is 12.2. The molecule has 0 fully saturated rings. The van der Waals surface area contributed by atoms with Crippen molar-refractivity contribution in [3.8, 4) is 5.75 Å². The molecule has 2 amide bonds. The molecule has 0 aliphatic heterocycles. The van der Waals surface area contributed by atoms with Crippen molar-refractivity contribution in [1.29, 1.82) is 0 Å². The highest BCUT2D eigenvalue weighted by Crippen LogP contribution is 2.22. The first-order chi connectivity index (χ1) is 16.5. The predicted octanol–water partition coefficient (Wildman–Crippen LogP) is 3.50. The first kappa shape index (κ1) is 25.2. The SMILES string of the molecule is O=C(NCCCc1ccccc1)Nc1cccc(CCNC[C@H](O)c2ccc(O)c(CO)c2)c1. The summed E-state index contributed by atoms with van der Waals surface area (Å²) in [6.07, 6.45) is 1.79. The third-order valence-electron chi connectivity index (χ3n) is 5.54. The van der Waals surface area contributed by atoms with Gasteiger partial charge in [-0.3, -0.25) is 0 Å². The first-order valence-corrected chi connectivity index (χ1v) is 11.5. The van der Waals surface area contributed by atoms with Gasteiger partial charge in [0.1, 0.15) is 5.75 Å². The van der Waals surface area contributed by atoms with Gasteiger partial charge in [0.15, 0.2) is 0 Å². The second-order valence-electron chi connectivity index (χ2n) is 8.19. The molecule has 7 nitrogen and oxygen atoms in total. The van der Waals surface area contributed by atoms with E-state index in [-0.39, 0.29) is 18.4 Å². The summed E-state index contributed by atoms with van der Waals surface area (Å²) in [5.74, 6) is 0.0146. The number of aryl methyl sites for hydroxylation is 1. The van der Waals surface area contributed by atoms with Crippen LogP contribution in [0.15, 0.2) is 72.8 Å². The van der Waals surface area contributed by atoms with Crippen LogP contribution in [0.4, 0.5) is 10.5 Å². The quantitative estimate of drug-likeness (QED) is 0.230. The number of phenols is 1. The Morgan fingerprint density at radius 3 is 2.47 bits per heavy atom. The molecule has 0 aromatic heterocycles. The maximum Gasteiger partial charge on any atom is 0.319 e. The summed E-state index contributed by atoms with van der Waals surface area (Å²) in [4.78, 5) is 12.2. The molecule has 3 aromatic rings.